The van der Waals surface area contributed by atoms with Crippen molar-refractivity contribution in [3.8, 4) is 0 Å². The molecular weight excluding hydrogens is 176 g/mol. The molecule has 0 amide bonds. The summed E-state index contributed by atoms with van der Waals surface area (Å²) in [4.78, 5) is 13.1. The highest BCUT2D eigenvalue weighted by Crippen LogP contribution is 2.21. The van der Waals surface area contributed by atoms with E-state index >= 15 is 0 Å². The SMILES string of the molecule is [N-]=[N+]=C(C(=O)O)C1(O)CCOCC1. The second-order valence-corrected chi connectivity index (χ2v) is 2.90. The molecular formula is C7H10N2O4. The van der Waals surface area contributed by atoms with Gasteiger partial charge in [0.05, 0.1) is 0 Å². The molecule has 0 aliphatic carbocycles. The Morgan fingerprint density at radius 1 is 1.46 bits per heavy atom. The number of aliphatic carboxylic acids is 1. The Morgan fingerprint density at radius 3 is 2.38 bits per heavy atom. The van der Waals surface area contributed by atoms with Crippen molar-refractivity contribution in [1.82, 2.24) is 0 Å². The van der Waals surface area contributed by atoms with Gasteiger partial charge in [-0.25, -0.2) is 4.79 Å². The van der Waals surface area contributed by atoms with Crippen molar-refractivity contribution >= 4 is 11.7 Å². The van der Waals surface area contributed by atoms with Gasteiger partial charge in [0.15, 0.2) is 5.60 Å². The van der Waals surface area contributed by atoms with Crippen LogP contribution in [-0.4, -0.2) is 45.5 Å². The summed E-state index contributed by atoms with van der Waals surface area (Å²) in [6, 6.07) is 0. The summed E-state index contributed by atoms with van der Waals surface area (Å²) in [6.07, 6.45) is 0.275. The number of carboxylic acids is 1. The van der Waals surface area contributed by atoms with E-state index in [1.807, 2.05) is 0 Å². The fourth-order valence-electron chi connectivity index (χ4n) is 1.28. The molecule has 1 heterocycles. The van der Waals surface area contributed by atoms with Gasteiger partial charge in [-0.2, -0.15) is 4.79 Å². The van der Waals surface area contributed by atoms with E-state index in [4.69, 9.17) is 15.4 Å². The van der Waals surface area contributed by atoms with E-state index in [0.29, 0.717) is 0 Å². The second-order valence-electron chi connectivity index (χ2n) is 2.90. The number of carboxylic acid groups (broad SMARTS) is 1. The summed E-state index contributed by atoms with van der Waals surface area (Å²) in [5.41, 5.74) is 6.25. The van der Waals surface area contributed by atoms with E-state index < -0.39 is 17.3 Å². The van der Waals surface area contributed by atoms with Gasteiger partial charge in [-0.1, -0.05) is 0 Å². The molecule has 0 unspecified atom stereocenters. The average Bonchev–Trinajstić information content (AvgIpc) is 2.05. The molecule has 0 atom stereocenters. The smallest absolute Gasteiger partial charge is 0.417 e. The van der Waals surface area contributed by atoms with E-state index in [1.165, 1.54) is 0 Å². The molecule has 1 saturated heterocycles. The van der Waals surface area contributed by atoms with Crippen LogP contribution in [-0.2, 0) is 9.53 Å². The third kappa shape index (κ3) is 1.92. The lowest BCUT2D eigenvalue weighted by molar-refractivity contribution is -0.139. The van der Waals surface area contributed by atoms with Crippen LogP contribution >= 0.6 is 0 Å². The third-order valence-corrected chi connectivity index (χ3v) is 2.06. The average molecular weight is 186 g/mol. The molecule has 6 heteroatoms. The zero-order valence-electron chi connectivity index (χ0n) is 6.93. The number of hydrogen-bond acceptors (Lipinski definition) is 3. The molecule has 0 saturated carbocycles. The molecule has 0 aromatic heterocycles. The zero-order valence-corrected chi connectivity index (χ0v) is 6.93. The van der Waals surface area contributed by atoms with Gasteiger partial charge < -0.3 is 20.5 Å². The number of rotatable bonds is 2. The lowest BCUT2D eigenvalue weighted by atomic mass is 9.89. The fraction of sp³-hybridized carbons (Fsp3) is 0.714. The molecule has 0 aromatic rings. The monoisotopic (exact) mass is 186 g/mol. The maximum Gasteiger partial charge on any atom is 0.417 e. The van der Waals surface area contributed by atoms with E-state index in [1.54, 1.807) is 0 Å². The first-order chi connectivity index (χ1) is 6.10. The molecule has 0 radical (unpaired) electrons. The van der Waals surface area contributed by atoms with Gasteiger partial charge in [0.25, 0.3) is 0 Å². The maximum atomic E-state index is 10.5. The van der Waals surface area contributed by atoms with Crippen LogP contribution in [0.25, 0.3) is 5.53 Å². The largest absolute Gasteiger partial charge is 0.473 e. The van der Waals surface area contributed by atoms with Gasteiger partial charge in [0.2, 0.25) is 0 Å². The fourth-order valence-corrected chi connectivity index (χ4v) is 1.28. The van der Waals surface area contributed by atoms with Crippen molar-refractivity contribution in [2.24, 2.45) is 0 Å². The van der Waals surface area contributed by atoms with Crippen molar-refractivity contribution in [2.75, 3.05) is 13.2 Å². The van der Waals surface area contributed by atoms with Crippen LogP contribution in [0.1, 0.15) is 12.8 Å². The first kappa shape index (κ1) is 9.85. The van der Waals surface area contributed by atoms with Crippen LogP contribution in [0.15, 0.2) is 0 Å². The number of ether oxygens (including phenoxy) is 1. The standard InChI is InChI=1S/C7H10N2O4/c8-9-5(6(10)11)7(12)1-3-13-4-2-7/h12H,1-4H2,(H,10,11). The molecule has 0 bridgehead atoms. The summed E-state index contributed by atoms with van der Waals surface area (Å²) in [6.45, 7) is 0.533. The molecule has 1 aliphatic heterocycles. The Kier molecular flexibility index (Phi) is 2.77. The molecule has 2 N–H and O–H groups in total. The lowest BCUT2D eigenvalue weighted by Crippen LogP contribution is -2.48. The number of hydrogen-bond donors (Lipinski definition) is 2. The van der Waals surface area contributed by atoms with E-state index in [9.17, 15) is 9.90 Å². The second kappa shape index (κ2) is 3.66. The van der Waals surface area contributed by atoms with Gasteiger partial charge in [-0.3, -0.25) is 0 Å². The van der Waals surface area contributed by atoms with Crippen LogP contribution in [0.5, 0.6) is 0 Å². The normalized spacial score (nSPS) is 20.4. The zero-order chi connectivity index (χ0) is 9.90. The summed E-state index contributed by atoms with van der Waals surface area (Å²) in [7, 11) is 0. The van der Waals surface area contributed by atoms with Gasteiger partial charge in [-0.15, -0.1) is 0 Å². The first-order valence-electron chi connectivity index (χ1n) is 3.86. The molecule has 0 spiro atoms. The van der Waals surface area contributed by atoms with Crippen LogP contribution in [0.3, 0.4) is 0 Å². The van der Waals surface area contributed by atoms with Crippen molar-refractivity contribution in [1.29, 1.82) is 0 Å². The quantitative estimate of drug-likeness (QED) is 0.337. The highest BCUT2D eigenvalue weighted by Gasteiger charge is 2.46. The molecule has 1 fully saturated rings. The topological polar surface area (TPSA) is 103 Å². The van der Waals surface area contributed by atoms with Crippen molar-refractivity contribution in [2.45, 2.75) is 18.4 Å². The molecule has 1 aliphatic rings. The van der Waals surface area contributed by atoms with E-state index in [0.717, 1.165) is 0 Å². The highest BCUT2D eigenvalue weighted by molar-refractivity contribution is 6.36. The highest BCUT2D eigenvalue weighted by atomic mass is 16.5. The Bertz CT molecular complexity index is 264. The minimum Gasteiger partial charge on any atom is -0.473 e. The number of carbonyl (C=O) groups is 1. The van der Waals surface area contributed by atoms with Crippen LogP contribution in [0.2, 0.25) is 0 Å². The van der Waals surface area contributed by atoms with Crippen molar-refractivity contribution in [3.63, 3.8) is 0 Å². The molecule has 0 aromatic carbocycles. The van der Waals surface area contributed by atoms with Crippen LogP contribution in [0.4, 0.5) is 0 Å². The third-order valence-electron chi connectivity index (χ3n) is 2.06. The van der Waals surface area contributed by atoms with Gasteiger partial charge >= 0.3 is 11.7 Å². The van der Waals surface area contributed by atoms with Crippen LogP contribution in [0, 0.1) is 0 Å². The minimum atomic E-state index is -1.56. The molecule has 1 rings (SSSR count). The summed E-state index contributed by atoms with van der Waals surface area (Å²) < 4.78 is 4.95. The summed E-state index contributed by atoms with van der Waals surface area (Å²) >= 11 is 0. The Labute approximate surface area is 74.4 Å². The first-order valence-corrected chi connectivity index (χ1v) is 3.86. The Balaban J connectivity index is 2.88. The van der Waals surface area contributed by atoms with E-state index in [-0.39, 0.29) is 26.1 Å². The maximum absolute atomic E-state index is 10.5. The molecule has 72 valence electrons. The van der Waals surface area contributed by atoms with Gasteiger partial charge in [-0.05, 0) is 0 Å². The summed E-state index contributed by atoms with van der Waals surface area (Å²) in [5, 5.41) is 18.3. The van der Waals surface area contributed by atoms with Gasteiger partial charge in [0, 0.05) is 26.1 Å². The van der Waals surface area contributed by atoms with Crippen LogP contribution < -0.4 is 0 Å². The predicted molar refractivity (Wildman–Crippen MR) is 41.3 cm³/mol. The predicted octanol–water partition coefficient (Wildman–Crippen LogP) is -0.717. The van der Waals surface area contributed by atoms with Crippen molar-refractivity contribution in [3.05, 3.63) is 5.53 Å². The minimum absolute atomic E-state index is 0.138. The number of aliphatic hydroxyl groups is 1. The van der Waals surface area contributed by atoms with Crippen molar-refractivity contribution < 1.29 is 24.5 Å². The Hall–Kier alpha value is -1.23. The Morgan fingerprint density at radius 2 is 2.00 bits per heavy atom. The van der Waals surface area contributed by atoms with Gasteiger partial charge in [0.1, 0.15) is 0 Å². The number of nitrogens with zero attached hydrogens (tertiary/aromatic N) is 2. The lowest BCUT2D eigenvalue weighted by Gasteiger charge is -2.26. The molecule has 13 heavy (non-hydrogen) atoms. The summed E-state index contributed by atoms with van der Waals surface area (Å²) in [5.74, 6) is -1.41. The molecule has 6 nitrogen and oxygen atoms in total. The van der Waals surface area contributed by atoms with E-state index in [2.05, 4.69) is 4.79 Å².